The zero-order valence-electron chi connectivity index (χ0n) is 10.5. The number of ether oxygens (including phenoxy) is 1. The van der Waals surface area contributed by atoms with Crippen molar-refractivity contribution < 1.29 is 14.6 Å². The summed E-state index contributed by atoms with van der Waals surface area (Å²) in [6.45, 7) is 0.360. The standard InChI is InChI=1S/C15H14O3S/c1-19-13-9-5-8-12(14(13)15(16)17)18-10-11-6-3-2-4-7-11/h2-9H,10H2,1H3,(H,16,17). The van der Waals surface area contributed by atoms with Gasteiger partial charge in [-0.3, -0.25) is 0 Å². The highest BCUT2D eigenvalue weighted by molar-refractivity contribution is 7.98. The summed E-state index contributed by atoms with van der Waals surface area (Å²) in [5.41, 5.74) is 1.24. The fourth-order valence-corrected chi connectivity index (χ4v) is 2.35. The quantitative estimate of drug-likeness (QED) is 0.845. The Kier molecular flexibility index (Phi) is 4.47. The van der Waals surface area contributed by atoms with Crippen molar-refractivity contribution in [3.05, 3.63) is 59.7 Å². The molecule has 0 aliphatic rings. The second-order valence-electron chi connectivity index (χ2n) is 3.91. The summed E-state index contributed by atoms with van der Waals surface area (Å²) in [5, 5.41) is 9.28. The molecule has 0 heterocycles. The minimum atomic E-state index is -0.965. The van der Waals surface area contributed by atoms with E-state index in [1.807, 2.05) is 36.6 Å². The van der Waals surface area contributed by atoms with Gasteiger partial charge in [-0.05, 0) is 24.0 Å². The highest BCUT2D eigenvalue weighted by Gasteiger charge is 2.16. The molecule has 0 aliphatic carbocycles. The normalized spacial score (nSPS) is 10.2. The van der Waals surface area contributed by atoms with Gasteiger partial charge in [-0.15, -0.1) is 11.8 Å². The van der Waals surface area contributed by atoms with E-state index in [-0.39, 0.29) is 5.56 Å². The Hall–Kier alpha value is -1.94. The van der Waals surface area contributed by atoms with E-state index in [1.54, 1.807) is 18.2 Å². The van der Waals surface area contributed by atoms with Crippen molar-refractivity contribution >= 4 is 17.7 Å². The van der Waals surface area contributed by atoms with Gasteiger partial charge in [0.25, 0.3) is 0 Å². The molecule has 4 heteroatoms. The fourth-order valence-electron chi connectivity index (χ4n) is 1.75. The van der Waals surface area contributed by atoms with Crippen LogP contribution in [0.15, 0.2) is 53.4 Å². The third-order valence-corrected chi connectivity index (χ3v) is 3.44. The Morgan fingerprint density at radius 3 is 2.53 bits per heavy atom. The van der Waals surface area contributed by atoms with Crippen LogP contribution in [-0.4, -0.2) is 17.3 Å². The molecule has 0 saturated carbocycles. The van der Waals surface area contributed by atoms with Gasteiger partial charge in [0.1, 0.15) is 17.9 Å². The second kappa shape index (κ2) is 6.29. The van der Waals surface area contributed by atoms with Gasteiger partial charge in [0.15, 0.2) is 0 Å². The van der Waals surface area contributed by atoms with E-state index in [4.69, 9.17) is 4.74 Å². The molecule has 0 amide bonds. The zero-order chi connectivity index (χ0) is 13.7. The third-order valence-electron chi connectivity index (χ3n) is 2.66. The van der Waals surface area contributed by atoms with E-state index >= 15 is 0 Å². The van der Waals surface area contributed by atoms with Gasteiger partial charge in [0, 0.05) is 4.90 Å². The Bertz CT molecular complexity index is 567. The van der Waals surface area contributed by atoms with Crippen molar-refractivity contribution in [2.75, 3.05) is 6.26 Å². The van der Waals surface area contributed by atoms with Crippen LogP contribution in [0.1, 0.15) is 15.9 Å². The maximum Gasteiger partial charge on any atom is 0.340 e. The third kappa shape index (κ3) is 3.29. The van der Waals surface area contributed by atoms with Crippen LogP contribution >= 0.6 is 11.8 Å². The average Bonchev–Trinajstić information content (AvgIpc) is 2.45. The van der Waals surface area contributed by atoms with E-state index < -0.39 is 5.97 Å². The van der Waals surface area contributed by atoms with Crippen LogP contribution in [0.4, 0.5) is 0 Å². The second-order valence-corrected chi connectivity index (χ2v) is 4.76. The van der Waals surface area contributed by atoms with Crippen LogP contribution in [0.3, 0.4) is 0 Å². The molecule has 0 bridgehead atoms. The summed E-state index contributed by atoms with van der Waals surface area (Å²) in [7, 11) is 0. The lowest BCUT2D eigenvalue weighted by Crippen LogP contribution is -2.05. The average molecular weight is 274 g/mol. The van der Waals surface area contributed by atoms with Crippen molar-refractivity contribution in [2.45, 2.75) is 11.5 Å². The van der Waals surface area contributed by atoms with Gasteiger partial charge in [0.2, 0.25) is 0 Å². The topological polar surface area (TPSA) is 46.5 Å². The maximum atomic E-state index is 11.3. The molecule has 1 N–H and O–H groups in total. The summed E-state index contributed by atoms with van der Waals surface area (Å²) < 4.78 is 5.63. The number of aromatic carboxylic acids is 1. The Labute approximate surface area is 116 Å². The number of benzene rings is 2. The first-order valence-corrected chi connectivity index (χ1v) is 7.02. The molecule has 19 heavy (non-hydrogen) atoms. The molecular formula is C15H14O3S. The molecule has 3 nitrogen and oxygen atoms in total. The SMILES string of the molecule is CSc1cccc(OCc2ccccc2)c1C(=O)O. The van der Waals surface area contributed by atoms with Crippen LogP contribution < -0.4 is 4.74 Å². The number of rotatable bonds is 5. The smallest absolute Gasteiger partial charge is 0.340 e. The number of thioether (sulfide) groups is 1. The first-order valence-electron chi connectivity index (χ1n) is 5.79. The monoisotopic (exact) mass is 274 g/mol. The number of carboxylic acid groups (broad SMARTS) is 1. The van der Waals surface area contributed by atoms with E-state index in [0.717, 1.165) is 5.56 Å². The molecule has 2 rings (SSSR count). The molecule has 0 unspecified atom stereocenters. The number of hydrogen-bond acceptors (Lipinski definition) is 3. The van der Waals surface area contributed by atoms with Gasteiger partial charge in [-0.1, -0.05) is 36.4 Å². The fraction of sp³-hybridized carbons (Fsp3) is 0.133. The van der Waals surface area contributed by atoms with Crippen LogP contribution in [0.2, 0.25) is 0 Å². The van der Waals surface area contributed by atoms with Crippen molar-refractivity contribution in [1.82, 2.24) is 0 Å². The lowest BCUT2D eigenvalue weighted by molar-refractivity contribution is 0.0687. The molecule has 0 atom stereocenters. The summed E-state index contributed by atoms with van der Waals surface area (Å²) >= 11 is 1.40. The zero-order valence-corrected chi connectivity index (χ0v) is 11.3. The highest BCUT2D eigenvalue weighted by atomic mass is 32.2. The number of hydrogen-bond donors (Lipinski definition) is 1. The molecule has 0 fully saturated rings. The first-order chi connectivity index (χ1) is 9.22. The number of carbonyl (C=O) groups is 1. The van der Waals surface area contributed by atoms with Gasteiger partial charge in [-0.25, -0.2) is 4.79 Å². The minimum absolute atomic E-state index is 0.228. The largest absolute Gasteiger partial charge is 0.488 e. The predicted molar refractivity (Wildman–Crippen MR) is 76.0 cm³/mol. The highest BCUT2D eigenvalue weighted by Crippen LogP contribution is 2.29. The minimum Gasteiger partial charge on any atom is -0.488 e. The van der Waals surface area contributed by atoms with Gasteiger partial charge in [0.05, 0.1) is 0 Å². The van der Waals surface area contributed by atoms with E-state index in [0.29, 0.717) is 17.3 Å². The molecule has 0 saturated heterocycles. The lowest BCUT2D eigenvalue weighted by Gasteiger charge is -2.11. The molecule has 0 spiro atoms. The van der Waals surface area contributed by atoms with Crippen molar-refractivity contribution in [3.63, 3.8) is 0 Å². The summed E-state index contributed by atoms with van der Waals surface area (Å²) in [5.74, 6) is -0.559. The van der Waals surface area contributed by atoms with Gasteiger partial charge < -0.3 is 9.84 Å². The van der Waals surface area contributed by atoms with Crippen LogP contribution in [-0.2, 0) is 6.61 Å². The predicted octanol–water partition coefficient (Wildman–Crippen LogP) is 3.69. The van der Waals surface area contributed by atoms with Crippen LogP contribution in [0.25, 0.3) is 0 Å². The molecule has 98 valence electrons. The Morgan fingerprint density at radius 1 is 1.16 bits per heavy atom. The van der Waals surface area contributed by atoms with E-state index in [2.05, 4.69) is 0 Å². The van der Waals surface area contributed by atoms with Crippen LogP contribution in [0.5, 0.6) is 5.75 Å². The van der Waals surface area contributed by atoms with E-state index in [1.165, 1.54) is 11.8 Å². The first kappa shape index (κ1) is 13.5. The molecule has 0 aromatic heterocycles. The summed E-state index contributed by atoms with van der Waals surface area (Å²) in [6.07, 6.45) is 1.85. The number of carboxylic acids is 1. The van der Waals surface area contributed by atoms with E-state index in [9.17, 15) is 9.90 Å². The van der Waals surface area contributed by atoms with Crippen molar-refractivity contribution in [2.24, 2.45) is 0 Å². The maximum absolute atomic E-state index is 11.3. The summed E-state index contributed by atoms with van der Waals surface area (Å²) in [6, 6.07) is 14.9. The van der Waals surface area contributed by atoms with Crippen molar-refractivity contribution in [3.8, 4) is 5.75 Å². The Morgan fingerprint density at radius 2 is 1.89 bits per heavy atom. The van der Waals surface area contributed by atoms with Crippen LogP contribution in [0, 0.1) is 0 Å². The Balaban J connectivity index is 2.23. The molecule has 0 aliphatic heterocycles. The van der Waals surface area contributed by atoms with Crippen molar-refractivity contribution in [1.29, 1.82) is 0 Å². The lowest BCUT2D eigenvalue weighted by atomic mass is 10.2. The molecule has 2 aromatic carbocycles. The molecular weight excluding hydrogens is 260 g/mol. The molecule has 0 radical (unpaired) electrons. The molecule has 2 aromatic rings. The van der Waals surface area contributed by atoms with Gasteiger partial charge >= 0.3 is 5.97 Å². The summed E-state index contributed by atoms with van der Waals surface area (Å²) in [4.78, 5) is 12.0. The van der Waals surface area contributed by atoms with Gasteiger partial charge in [-0.2, -0.15) is 0 Å².